The van der Waals surface area contributed by atoms with Gasteiger partial charge in [-0.25, -0.2) is 4.39 Å². The number of hydrogen-bond acceptors (Lipinski definition) is 3. The maximum Gasteiger partial charge on any atom is 0.316 e. The van der Waals surface area contributed by atoms with Gasteiger partial charge in [0, 0.05) is 11.6 Å². The summed E-state index contributed by atoms with van der Waals surface area (Å²) in [6.45, 7) is 8.64. The molecule has 0 N–H and O–H groups in total. The van der Waals surface area contributed by atoms with Gasteiger partial charge >= 0.3 is 5.97 Å². The zero-order chi connectivity index (χ0) is 14.8. The maximum atomic E-state index is 14.0. The van der Waals surface area contributed by atoms with Gasteiger partial charge in [-0.15, -0.1) is 0 Å². The Morgan fingerprint density at radius 1 is 1.16 bits per heavy atom. The summed E-state index contributed by atoms with van der Waals surface area (Å²) in [6, 6.07) is 4.45. The van der Waals surface area contributed by atoms with E-state index in [4.69, 9.17) is 9.47 Å². The van der Waals surface area contributed by atoms with Crippen molar-refractivity contribution < 1.29 is 18.7 Å². The minimum absolute atomic E-state index is 0.294. The van der Waals surface area contributed by atoms with Crippen molar-refractivity contribution in [3.8, 4) is 5.75 Å². The molecule has 0 spiro atoms. The van der Waals surface area contributed by atoms with Crippen LogP contribution in [0.1, 0.15) is 40.2 Å². The Morgan fingerprint density at radius 3 is 2.16 bits per heavy atom. The molecule has 0 saturated carbocycles. The molecule has 19 heavy (non-hydrogen) atoms. The summed E-state index contributed by atoms with van der Waals surface area (Å²) in [5.74, 6) is -0.513. The van der Waals surface area contributed by atoms with E-state index in [9.17, 15) is 9.18 Å². The van der Waals surface area contributed by atoms with Crippen LogP contribution >= 0.6 is 0 Å². The molecular formula is C15H21FO3. The molecule has 0 radical (unpaired) electrons. The van der Waals surface area contributed by atoms with Crippen LogP contribution in [-0.4, -0.2) is 18.7 Å². The summed E-state index contributed by atoms with van der Waals surface area (Å²) >= 11 is 0. The van der Waals surface area contributed by atoms with E-state index in [1.54, 1.807) is 46.8 Å². The van der Waals surface area contributed by atoms with E-state index in [0.29, 0.717) is 11.3 Å². The third-order valence-electron chi connectivity index (χ3n) is 2.76. The molecule has 1 aromatic rings. The van der Waals surface area contributed by atoms with Gasteiger partial charge in [0.2, 0.25) is 0 Å². The van der Waals surface area contributed by atoms with E-state index in [2.05, 4.69) is 0 Å². The molecule has 106 valence electrons. The Kier molecular flexibility index (Phi) is 4.23. The fourth-order valence-electron chi connectivity index (χ4n) is 1.65. The van der Waals surface area contributed by atoms with Crippen molar-refractivity contribution in [2.45, 2.75) is 45.6 Å². The Bertz CT molecular complexity index is 473. The van der Waals surface area contributed by atoms with Crippen LogP contribution in [0.25, 0.3) is 0 Å². The van der Waals surface area contributed by atoms with Gasteiger partial charge < -0.3 is 9.47 Å². The normalized spacial score (nSPS) is 12.2. The Balaban J connectivity index is 3.09. The molecule has 0 fully saturated rings. The molecule has 0 aliphatic rings. The second kappa shape index (κ2) is 5.19. The van der Waals surface area contributed by atoms with Crippen LogP contribution in [0.4, 0.5) is 4.39 Å². The summed E-state index contributed by atoms with van der Waals surface area (Å²) in [7, 11) is 1.47. The van der Waals surface area contributed by atoms with E-state index in [1.807, 2.05) is 0 Å². The first kappa shape index (κ1) is 15.5. The molecule has 0 atom stereocenters. The number of benzene rings is 1. The number of carbonyl (C=O) groups is 1. The molecule has 0 aromatic heterocycles. The van der Waals surface area contributed by atoms with Gasteiger partial charge in [0.25, 0.3) is 0 Å². The molecule has 1 aromatic carbocycles. The van der Waals surface area contributed by atoms with Crippen LogP contribution in [0.15, 0.2) is 18.2 Å². The molecule has 0 saturated heterocycles. The van der Waals surface area contributed by atoms with Gasteiger partial charge in [0.15, 0.2) is 0 Å². The first-order valence-corrected chi connectivity index (χ1v) is 6.15. The molecule has 0 heterocycles. The molecule has 0 aliphatic carbocycles. The summed E-state index contributed by atoms with van der Waals surface area (Å²) in [5.41, 5.74) is -1.36. The highest BCUT2D eigenvalue weighted by atomic mass is 19.1. The lowest BCUT2D eigenvalue weighted by molar-refractivity contribution is -0.161. The van der Waals surface area contributed by atoms with Gasteiger partial charge in [-0.3, -0.25) is 4.79 Å². The predicted octanol–water partition coefficient (Wildman–Crippen LogP) is 3.45. The van der Waals surface area contributed by atoms with Crippen molar-refractivity contribution >= 4 is 5.97 Å². The van der Waals surface area contributed by atoms with Crippen LogP contribution in [0.2, 0.25) is 0 Å². The highest BCUT2D eigenvalue weighted by Crippen LogP contribution is 2.30. The average molecular weight is 268 g/mol. The third-order valence-corrected chi connectivity index (χ3v) is 2.76. The second-order valence-corrected chi connectivity index (χ2v) is 5.97. The smallest absolute Gasteiger partial charge is 0.316 e. The van der Waals surface area contributed by atoms with E-state index < -0.39 is 22.8 Å². The lowest BCUT2D eigenvalue weighted by Crippen LogP contribution is -2.37. The van der Waals surface area contributed by atoms with Crippen molar-refractivity contribution in [1.29, 1.82) is 0 Å². The lowest BCUT2D eigenvalue weighted by atomic mass is 9.84. The quantitative estimate of drug-likeness (QED) is 0.788. The van der Waals surface area contributed by atoms with Crippen LogP contribution in [-0.2, 0) is 14.9 Å². The van der Waals surface area contributed by atoms with Crippen LogP contribution in [0.3, 0.4) is 0 Å². The number of esters is 1. The number of halogens is 1. The van der Waals surface area contributed by atoms with Crippen LogP contribution in [0, 0.1) is 5.82 Å². The van der Waals surface area contributed by atoms with Gasteiger partial charge in [-0.2, -0.15) is 0 Å². The zero-order valence-electron chi connectivity index (χ0n) is 12.3. The average Bonchev–Trinajstić information content (AvgIpc) is 2.26. The number of hydrogen-bond donors (Lipinski definition) is 0. The second-order valence-electron chi connectivity index (χ2n) is 5.97. The van der Waals surface area contributed by atoms with Gasteiger partial charge in [-0.05, 0) is 40.7 Å². The van der Waals surface area contributed by atoms with Crippen molar-refractivity contribution in [3.05, 3.63) is 29.6 Å². The SMILES string of the molecule is COc1ccc(C(C)(C)C(=O)OC(C)(C)C)c(F)c1. The largest absolute Gasteiger partial charge is 0.497 e. The fraction of sp³-hybridized carbons (Fsp3) is 0.533. The van der Waals surface area contributed by atoms with E-state index in [-0.39, 0.29) is 0 Å². The van der Waals surface area contributed by atoms with Crippen molar-refractivity contribution in [2.24, 2.45) is 0 Å². The Labute approximate surface area is 113 Å². The molecule has 0 amide bonds. The summed E-state index contributed by atoms with van der Waals surface area (Å²) in [5, 5.41) is 0. The van der Waals surface area contributed by atoms with Crippen molar-refractivity contribution in [2.75, 3.05) is 7.11 Å². The van der Waals surface area contributed by atoms with Gasteiger partial charge in [0.05, 0.1) is 12.5 Å². The number of carbonyl (C=O) groups excluding carboxylic acids is 1. The molecule has 0 bridgehead atoms. The van der Waals surface area contributed by atoms with Crippen LogP contribution in [0.5, 0.6) is 5.75 Å². The highest BCUT2D eigenvalue weighted by Gasteiger charge is 2.36. The van der Waals surface area contributed by atoms with Gasteiger partial charge in [-0.1, -0.05) is 6.07 Å². The van der Waals surface area contributed by atoms with Crippen LogP contribution < -0.4 is 4.74 Å². The summed E-state index contributed by atoms with van der Waals surface area (Å²) in [4.78, 5) is 12.2. The number of rotatable bonds is 3. The molecule has 1 rings (SSSR count). The predicted molar refractivity (Wildman–Crippen MR) is 71.8 cm³/mol. The molecule has 4 heteroatoms. The topological polar surface area (TPSA) is 35.5 Å². The van der Waals surface area contributed by atoms with E-state index in [1.165, 1.54) is 13.2 Å². The number of methoxy groups -OCH3 is 1. The standard InChI is InChI=1S/C15H21FO3/c1-14(2,3)19-13(17)15(4,5)11-8-7-10(18-6)9-12(11)16/h7-9H,1-6H3. The number of ether oxygens (including phenoxy) is 2. The van der Waals surface area contributed by atoms with E-state index in [0.717, 1.165) is 0 Å². The monoisotopic (exact) mass is 268 g/mol. The van der Waals surface area contributed by atoms with E-state index >= 15 is 0 Å². The molecular weight excluding hydrogens is 247 g/mol. The highest BCUT2D eigenvalue weighted by molar-refractivity contribution is 5.82. The minimum atomic E-state index is -1.05. The third kappa shape index (κ3) is 3.69. The lowest BCUT2D eigenvalue weighted by Gasteiger charge is -2.29. The first-order valence-electron chi connectivity index (χ1n) is 6.15. The Morgan fingerprint density at radius 2 is 1.74 bits per heavy atom. The molecule has 0 aliphatic heterocycles. The Hall–Kier alpha value is -1.58. The van der Waals surface area contributed by atoms with Gasteiger partial charge in [0.1, 0.15) is 17.2 Å². The zero-order valence-corrected chi connectivity index (χ0v) is 12.3. The minimum Gasteiger partial charge on any atom is -0.497 e. The summed E-state index contributed by atoms with van der Waals surface area (Å²) in [6.07, 6.45) is 0. The van der Waals surface area contributed by atoms with Crippen molar-refractivity contribution in [1.82, 2.24) is 0 Å². The van der Waals surface area contributed by atoms with Crippen molar-refractivity contribution in [3.63, 3.8) is 0 Å². The molecule has 3 nitrogen and oxygen atoms in total. The summed E-state index contributed by atoms with van der Waals surface area (Å²) < 4.78 is 24.3. The first-order chi connectivity index (χ1) is 8.58. The maximum absolute atomic E-state index is 14.0. The fourth-order valence-corrected chi connectivity index (χ4v) is 1.65. The molecule has 0 unspecified atom stereocenters.